The molecule has 0 aromatic heterocycles. The molecule has 0 saturated carbocycles. The summed E-state index contributed by atoms with van der Waals surface area (Å²) in [7, 11) is 0. The molecule has 2 atom stereocenters. The molecule has 0 aliphatic carbocycles. The van der Waals surface area contributed by atoms with Gasteiger partial charge in [-0.05, 0) is 59.2 Å². The second-order valence-corrected chi connectivity index (χ2v) is 6.50. The normalized spacial score (nSPS) is 30.8. The Balaban J connectivity index is 1.75. The van der Waals surface area contributed by atoms with Crippen molar-refractivity contribution in [3.63, 3.8) is 0 Å². The Hall–Kier alpha value is -0.610. The molecule has 2 aliphatic heterocycles. The number of nitrogens with zero attached hydrogens (tertiary/aromatic N) is 1. The summed E-state index contributed by atoms with van der Waals surface area (Å²) in [6.45, 7) is 9.34. The zero-order valence-electron chi connectivity index (χ0n) is 12.5. The molecule has 0 spiro atoms. The van der Waals surface area contributed by atoms with E-state index >= 15 is 0 Å². The number of amides is 1. The lowest BCUT2D eigenvalue weighted by Gasteiger charge is -2.35. The summed E-state index contributed by atoms with van der Waals surface area (Å²) in [5.74, 6) is 0.226. The van der Waals surface area contributed by atoms with Crippen LogP contribution in [0.15, 0.2) is 0 Å². The van der Waals surface area contributed by atoms with Crippen molar-refractivity contribution in [2.75, 3.05) is 32.7 Å². The third-order valence-corrected chi connectivity index (χ3v) is 4.72. The van der Waals surface area contributed by atoms with E-state index in [0.29, 0.717) is 6.04 Å². The highest BCUT2D eigenvalue weighted by Crippen LogP contribution is 2.25. The standard InChI is InChI=1S/C15H29N3O/c1-13(18-9-4-3-5-10-18)11-17-14(19)15(2)7-6-8-16-12-15/h13,16H,3-12H2,1-2H3,(H,17,19). The quantitative estimate of drug-likeness (QED) is 0.808. The molecule has 0 bridgehead atoms. The molecule has 2 heterocycles. The summed E-state index contributed by atoms with van der Waals surface area (Å²) in [4.78, 5) is 14.8. The first kappa shape index (κ1) is 14.8. The van der Waals surface area contributed by atoms with Crippen molar-refractivity contribution in [3.05, 3.63) is 0 Å². The van der Waals surface area contributed by atoms with Gasteiger partial charge < -0.3 is 10.6 Å². The van der Waals surface area contributed by atoms with Crippen LogP contribution in [0.1, 0.15) is 46.0 Å². The van der Waals surface area contributed by atoms with Crippen molar-refractivity contribution in [1.82, 2.24) is 15.5 Å². The number of rotatable bonds is 4. The third kappa shape index (κ3) is 3.93. The number of carbonyl (C=O) groups excluding carboxylic acids is 1. The largest absolute Gasteiger partial charge is 0.354 e. The molecule has 0 radical (unpaired) electrons. The number of likely N-dealkylation sites (tertiary alicyclic amines) is 1. The van der Waals surface area contributed by atoms with Crippen molar-refractivity contribution in [2.45, 2.75) is 52.0 Å². The molecule has 110 valence electrons. The molecule has 0 aromatic rings. The smallest absolute Gasteiger partial charge is 0.227 e. The number of nitrogens with one attached hydrogen (secondary N) is 2. The Morgan fingerprint density at radius 1 is 1.32 bits per heavy atom. The van der Waals surface area contributed by atoms with Gasteiger partial charge in [0.2, 0.25) is 5.91 Å². The van der Waals surface area contributed by atoms with Crippen molar-refractivity contribution < 1.29 is 4.79 Å². The van der Waals surface area contributed by atoms with Crippen LogP contribution in [0.3, 0.4) is 0 Å². The van der Waals surface area contributed by atoms with Crippen LogP contribution in [0.5, 0.6) is 0 Å². The minimum Gasteiger partial charge on any atom is -0.354 e. The highest BCUT2D eigenvalue weighted by Gasteiger charge is 2.34. The van der Waals surface area contributed by atoms with Crippen LogP contribution in [0.25, 0.3) is 0 Å². The van der Waals surface area contributed by atoms with Crippen LogP contribution in [0, 0.1) is 5.41 Å². The zero-order chi connectivity index (χ0) is 13.7. The monoisotopic (exact) mass is 267 g/mol. The van der Waals surface area contributed by atoms with Crippen LogP contribution < -0.4 is 10.6 Å². The van der Waals surface area contributed by atoms with E-state index in [0.717, 1.165) is 32.5 Å². The first-order valence-corrected chi connectivity index (χ1v) is 7.85. The maximum atomic E-state index is 12.3. The van der Waals surface area contributed by atoms with Crippen molar-refractivity contribution in [2.24, 2.45) is 5.41 Å². The van der Waals surface area contributed by atoms with Crippen LogP contribution in [-0.2, 0) is 4.79 Å². The van der Waals surface area contributed by atoms with E-state index in [1.54, 1.807) is 0 Å². The minimum atomic E-state index is -0.208. The predicted octanol–water partition coefficient (Wildman–Crippen LogP) is 1.37. The molecule has 19 heavy (non-hydrogen) atoms. The summed E-state index contributed by atoms with van der Waals surface area (Å²) >= 11 is 0. The summed E-state index contributed by atoms with van der Waals surface area (Å²) in [5, 5.41) is 6.51. The molecule has 4 heteroatoms. The van der Waals surface area contributed by atoms with Gasteiger partial charge >= 0.3 is 0 Å². The van der Waals surface area contributed by atoms with E-state index < -0.39 is 0 Å². The van der Waals surface area contributed by atoms with Gasteiger partial charge in [-0.3, -0.25) is 9.69 Å². The lowest BCUT2D eigenvalue weighted by atomic mass is 9.82. The molecule has 2 fully saturated rings. The van der Waals surface area contributed by atoms with Gasteiger partial charge in [0.25, 0.3) is 0 Å². The second-order valence-electron chi connectivity index (χ2n) is 6.50. The minimum absolute atomic E-state index is 0.208. The van der Waals surface area contributed by atoms with Gasteiger partial charge in [-0.25, -0.2) is 0 Å². The zero-order valence-corrected chi connectivity index (χ0v) is 12.5. The van der Waals surface area contributed by atoms with E-state index in [2.05, 4.69) is 29.4 Å². The molecule has 2 saturated heterocycles. The fourth-order valence-electron chi connectivity index (χ4n) is 3.19. The molecule has 4 nitrogen and oxygen atoms in total. The molecule has 2 rings (SSSR count). The Labute approximate surface area is 117 Å². The van der Waals surface area contributed by atoms with Gasteiger partial charge in [-0.2, -0.15) is 0 Å². The van der Waals surface area contributed by atoms with E-state index in [-0.39, 0.29) is 11.3 Å². The highest BCUT2D eigenvalue weighted by molar-refractivity contribution is 5.82. The van der Waals surface area contributed by atoms with Gasteiger partial charge in [-0.15, -0.1) is 0 Å². The maximum Gasteiger partial charge on any atom is 0.227 e. The number of piperidine rings is 2. The van der Waals surface area contributed by atoms with Gasteiger partial charge in [0.15, 0.2) is 0 Å². The first-order valence-electron chi connectivity index (χ1n) is 7.85. The molecule has 0 aromatic carbocycles. The highest BCUT2D eigenvalue weighted by atomic mass is 16.2. The fourth-order valence-corrected chi connectivity index (χ4v) is 3.19. The first-order chi connectivity index (χ1) is 9.12. The Morgan fingerprint density at radius 2 is 2.05 bits per heavy atom. The van der Waals surface area contributed by atoms with Crippen LogP contribution in [-0.4, -0.2) is 49.6 Å². The lowest BCUT2D eigenvalue weighted by molar-refractivity contribution is -0.131. The van der Waals surface area contributed by atoms with Gasteiger partial charge in [0, 0.05) is 19.1 Å². The van der Waals surface area contributed by atoms with Gasteiger partial charge in [0.1, 0.15) is 0 Å². The van der Waals surface area contributed by atoms with Crippen molar-refractivity contribution in [3.8, 4) is 0 Å². The summed E-state index contributed by atoms with van der Waals surface area (Å²) in [5.41, 5.74) is -0.208. The third-order valence-electron chi connectivity index (χ3n) is 4.72. The predicted molar refractivity (Wildman–Crippen MR) is 78.1 cm³/mol. The van der Waals surface area contributed by atoms with Crippen molar-refractivity contribution in [1.29, 1.82) is 0 Å². The molecule has 1 amide bonds. The lowest BCUT2D eigenvalue weighted by Crippen LogP contribution is -2.51. The molecular formula is C15H29N3O. The van der Waals surface area contributed by atoms with Crippen LogP contribution >= 0.6 is 0 Å². The number of hydrogen-bond acceptors (Lipinski definition) is 3. The molecular weight excluding hydrogens is 238 g/mol. The Morgan fingerprint density at radius 3 is 2.68 bits per heavy atom. The molecule has 2 N–H and O–H groups in total. The second kappa shape index (κ2) is 6.71. The van der Waals surface area contributed by atoms with E-state index in [4.69, 9.17) is 0 Å². The average molecular weight is 267 g/mol. The molecule has 2 unspecified atom stereocenters. The SMILES string of the molecule is CC(CNC(=O)C1(C)CCCNC1)N1CCCCC1. The van der Waals surface area contributed by atoms with Gasteiger partial charge in [-0.1, -0.05) is 6.42 Å². The fraction of sp³-hybridized carbons (Fsp3) is 0.933. The molecule has 2 aliphatic rings. The van der Waals surface area contributed by atoms with E-state index in [9.17, 15) is 4.79 Å². The maximum absolute atomic E-state index is 12.3. The summed E-state index contributed by atoms with van der Waals surface area (Å²) in [6.07, 6.45) is 6.08. The number of hydrogen-bond donors (Lipinski definition) is 2. The van der Waals surface area contributed by atoms with Gasteiger partial charge in [0.05, 0.1) is 5.41 Å². The van der Waals surface area contributed by atoms with E-state index in [1.165, 1.54) is 32.4 Å². The average Bonchev–Trinajstić information content (AvgIpc) is 2.46. The topological polar surface area (TPSA) is 44.4 Å². The Kier molecular flexibility index (Phi) is 5.22. The van der Waals surface area contributed by atoms with E-state index in [1.807, 2.05) is 0 Å². The summed E-state index contributed by atoms with van der Waals surface area (Å²) < 4.78 is 0. The summed E-state index contributed by atoms with van der Waals surface area (Å²) in [6, 6.07) is 0.462. The van der Waals surface area contributed by atoms with Crippen LogP contribution in [0.2, 0.25) is 0 Å². The Bertz CT molecular complexity index is 294. The number of carbonyl (C=O) groups is 1. The van der Waals surface area contributed by atoms with Crippen molar-refractivity contribution >= 4 is 5.91 Å². The van der Waals surface area contributed by atoms with Crippen LogP contribution in [0.4, 0.5) is 0 Å².